The summed E-state index contributed by atoms with van der Waals surface area (Å²) in [5, 5.41) is 2.91. The van der Waals surface area contributed by atoms with Crippen LogP contribution in [0.4, 0.5) is 26.0 Å². The quantitative estimate of drug-likeness (QED) is 0.809. The summed E-state index contributed by atoms with van der Waals surface area (Å²) in [4.78, 5) is 3.92. The molecular weight excluding hydrogens is 248 g/mol. The number of nitrogen functional groups attached to an aromatic ring is 1. The SMILES string of the molecule is Nc1cc(Cl)nc(Nc2cc(F)cc(F)c2)c1. The summed E-state index contributed by atoms with van der Waals surface area (Å²) in [5.74, 6) is -1.04. The van der Waals surface area contributed by atoms with Crippen LogP contribution >= 0.6 is 11.6 Å². The van der Waals surface area contributed by atoms with E-state index in [-0.39, 0.29) is 10.8 Å². The molecule has 0 aliphatic carbocycles. The minimum atomic E-state index is -0.678. The van der Waals surface area contributed by atoms with E-state index in [2.05, 4.69) is 10.3 Å². The summed E-state index contributed by atoms with van der Waals surface area (Å²) < 4.78 is 25.9. The van der Waals surface area contributed by atoms with Crippen molar-refractivity contribution in [3.05, 3.63) is 47.1 Å². The van der Waals surface area contributed by atoms with Crippen LogP contribution in [0.1, 0.15) is 0 Å². The molecule has 3 N–H and O–H groups in total. The van der Waals surface area contributed by atoms with Gasteiger partial charge in [-0.05, 0) is 18.2 Å². The van der Waals surface area contributed by atoms with Gasteiger partial charge in [-0.3, -0.25) is 0 Å². The molecule has 1 heterocycles. The Bertz CT molecular complexity index is 470. The first-order chi connectivity index (χ1) is 8.02. The Morgan fingerprint density at radius 1 is 1.06 bits per heavy atom. The predicted molar refractivity (Wildman–Crippen MR) is 63.3 cm³/mol. The summed E-state index contributed by atoms with van der Waals surface area (Å²) in [7, 11) is 0. The van der Waals surface area contributed by atoms with Crippen LogP contribution in [0.15, 0.2) is 30.3 Å². The molecule has 0 atom stereocenters. The Hall–Kier alpha value is -1.88. The number of benzene rings is 1. The second kappa shape index (κ2) is 4.55. The summed E-state index contributed by atoms with van der Waals surface area (Å²) in [6, 6.07) is 6.04. The molecule has 0 saturated carbocycles. The van der Waals surface area contributed by atoms with Crippen LogP contribution in [0.3, 0.4) is 0 Å². The van der Waals surface area contributed by atoms with Gasteiger partial charge in [0.2, 0.25) is 0 Å². The zero-order valence-corrected chi connectivity index (χ0v) is 9.30. The van der Waals surface area contributed by atoms with Gasteiger partial charge in [-0.2, -0.15) is 0 Å². The van der Waals surface area contributed by atoms with Crippen molar-refractivity contribution >= 4 is 28.8 Å². The molecule has 2 rings (SSSR count). The molecule has 0 amide bonds. The molecule has 2 aromatic rings. The molecule has 0 bridgehead atoms. The molecular formula is C11H8ClF2N3. The number of halogens is 3. The monoisotopic (exact) mass is 255 g/mol. The van der Waals surface area contributed by atoms with Crippen molar-refractivity contribution in [3.8, 4) is 0 Å². The molecule has 3 nitrogen and oxygen atoms in total. The number of hydrogen-bond acceptors (Lipinski definition) is 3. The Morgan fingerprint density at radius 3 is 2.29 bits per heavy atom. The zero-order chi connectivity index (χ0) is 12.4. The highest BCUT2D eigenvalue weighted by Gasteiger charge is 2.03. The van der Waals surface area contributed by atoms with Gasteiger partial charge in [-0.1, -0.05) is 11.6 Å². The van der Waals surface area contributed by atoms with Crippen LogP contribution in [-0.4, -0.2) is 4.98 Å². The third-order valence-corrected chi connectivity index (χ3v) is 2.15. The van der Waals surface area contributed by atoms with Crippen molar-refractivity contribution in [2.24, 2.45) is 0 Å². The van der Waals surface area contributed by atoms with Crippen LogP contribution in [-0.2, 0) is 0 Å². The molecule has 0 saturated heterocycles. The van der Waals surface area contributed by atoms with E-state index >= 15 is 0 Å². The average Bonchev–Trinajstić information content (AvgIpc) is 2.13. The van der Waals surface area contributed by atoms with E-state index in [0.29, 0.717) is 11.5 Å². The number of nitrogens with two attached hydrogens (primary N) is 1. The number of rotatable bonds is 2. The van der Waals surface area contributed by atoms with E-state index in [4.69, 9.17) is 17.3 Å². The van der Waals surface area contributed by atoms with Crippen molar-refractivity contribution < 1.29 is 8.78 Å². The Kier molecular flexibility index (Phi) is 3.10. The van der Waals surface area contributed by atoms with Gasteiger partial charge >= 0.3 is 0 Å². The number of pyridine rings is 1. The van der Waals surface area contributed by atoms with Gasteiger partial charge in [0.15, 0.2) is 0 Å². The molecule has 17 heavy (non-hydrogen) atoms. The lowest BCUT2D eigenvalue weighted by atomic mass is 10.3. The molecule has 0 spiro atoms. The third-order valence-electron chi connectivity index (χ3n) is 1.95. The van der Waals surface area contributed by atoms with E-state index in [1.54, 1.807) is 0 Å². The van der Waals surface area contributed by atoms with Crippen LogP contribution in [0.2, 0.25) is 5.15 Å². The highest BCUT2D eigenvalue weighted by atomic mass is 35.5. The second-order valence-corrected chi connectivity index (χ2v) is 3.78. The fourth-order valence-electron chi connectivity index (χ4n) is 1.35. The zero-order valence-electron chi connectivity index (χ0n) is 8.55. The van der Waals surface area contributed by atoms with Crippen molar-refractivity contribution in [1.29, 1.82) is 0 Å². The summed E-state index contributed by atoms with van der Waals surface area (Å²) in [6.45, 7) is 0. The number of nitrogens with one attached hydrogen (secondary N) is 1. The Balaban J connectivity index is 2.31. The van der Waals surface area contributed by atoms with Gasteiger partial charge in [0.1, 0.15) is 22.6 Å². The predicted octanol–water partition coefficient (Wildman–Crippen LogP) is 3.34. The van der Waals surface area contributed by atoms with Gasteiger partial charge in [-0.25, -0.2) is 13.8 Å². The minimum absolute atomic E-state index is 0.198. The van der Waals surface area contributed by atoms with Crippen molar-refractivity contribution in [2.45, 2.75) is 0 Å². The highest BCUT2D eigenvalue weighted by Crippen LogP contribution is 2.21. The van der Waals surface area contributed by atoms with Gasteiger partial charge < -0.3 is 11.1 Å². The molecule has 0 aliphatic rings. The van der Waals surface area contributed by atoms with Crippen molar-refractivity contribution in [1.82, 2.24) is 4.98 Å². The van der Waals surface area contributed by atoms with Gasteiger partial charge in [0.05, 0.1) is 0 Å². The lowest BCUT2D eigenvalue weighted by Crippen LogP contribution is -1.97. The Labute approximate surface area is 101 Å². The standard InChI is InChI=1S/C11H8ClF2N3/c12-10-4-8(15)5-11(17-10)16-9-2-6(13)1-7(14)3-9/h1-5H,(H3,15,16,17). The van der Waals surface area contributed by atoms with Crippen LogP contribution < -0.4 is 11.1 Å². The normalized spacial score (nSPS) is 10.3. The molecule has 0 aliphatic heterocycles. The third kappa shape index (κ3) is 3.04. The van der Waals surface area contributed by atoms with E-state index < -0.39 is 11.6 Å². The Morgan fingerprint density at radius 2 is 1.71 bits per heavy atom. The maximum absolute atomic E-state index is 12.9. The summed E-state index contributed by atoms with van der Waals surface area (Å²) in [6.07, 6.45) is 0. The van der Waals surface area contributed by atoms with Gasteiger partial charge in [0.25, 0.3) is 0 Å². The summed E-state index contributed by atoms with van der Waals surface area (Å²) in [5.41, 5.74) is 6.20. The van der Waals surface area contributed by atoms with E-state index in [1.807, 2.05) is 0 Å². The lowest BCUT2D eigenvalue weighted by molar-refractivity contribution is 0.584. The number of anilines is 3. The second-order valence-electron chi connectivity index (χ2n) is 3.39. The molecule has 6 heteroatoms. The van der Waals surface area contributed by atoms with E-state index in [0.717, 1.165) is 18.2 Å². The molecule has 1 aromatic heterocycles. The maximum Gasteiger partial charge on any atom is 0.134 e. The van der Waals surface area contributed by atoms with Gasteiger partial charge in [-0.15, -0.1) is 0 Å². The minimum Gasteiger partial charge on any atom is -0.399 e. The van der Waals surface area contributed by atoms with Crippen LogP contribution in [0.25, 0.3) is 0 Å². The molecule has 88 valence electrons. The molecule has 1 aromatic carbocycles. The molecule has 0 unspecified atom stereocenters. The van der Waals surface area contributed by atoms with Crippen LogP contribution in [0.5, 0.6) is 0 Å². The number of nitrogens with zero attached hydrogens (tertiary/aromatic N) is 1. The first-order valence-electron chi connectivity index (χ1n) is 4.69. The van der Waals surface area contributed by atoms with E-state index in [1.165, 1.54) is 12.1 Å². The topological polar surface area (TPSA) is 50.9 Å². The first kappa shape index (κ1) is 11.6. The summed E-state index contributed by atoms with van der Waals surface area (Å²) >= 11 is 5.70. The van der Waals surface area contributed by atoms with E-state index in [9.17, 15) is 8.78 Å². The highest BCUT2D eigenvalue weighted by molar-refractivity contribution is 6.29. The van der Waals surface area contributed by atoms with Crippen molar-refractivity contribution in [2.75, 3.05) is 11.1 Å². The molecule has 0 radical (unpaired) electrons. The fourth-order valence-corrected chi connectivity index (χ4v) is 1.57. The smallest absolute Gasteiger partial charge is 0.134 e. The molecule has 0 fully saturated rings. The average molecular weight is 256 g/mol. The van der Waals surface area contributed by atoms with Crippen molar-refractivity contribution in [3.63, 3.8) is 0 Å². The fraction of sp³-hybridized carbons (Fsp3) is 0. The van der Waals surface area contributed by atoms with Crippen LogP contribution in [0, 0.1) is 11.6 Å². The largest absolute Gasteiger partial charge is 0.399 e. The first-order valence-corrected chi connectivity index (χ1v) is 5.07. The number of hydrogen-bond donors (Lipinski definition) is 2. The number of aromatic nitrogens is 1. The van der Waals surface area contributed by atoms with Gasteiger partial charge in [0, 0.05) is 23.5 Å². The maximum atomic E-state index is 12.9. The lowest BCUT2D eigenvalue weighted by Gasteiger charge is -2.07.